The first kappa shape index (κ1) is 13.3. The molecule has 0 saturated heterocycles. The van der Waals surface area contributed by atoms with Gasteiger partial charge in [0.2, 0.25) is 0 Å². The lowest BCUT2D eigenvalue weighted by molar-refractivity contribution is -0.138. The molecule has 2 rings (SSSR count). The second-order valence-corrected chi connectivity index (χ2v) is 5.64. The van der Waals surface area contributed by atoms with E-state index in [1.54, 1.807) is 23.9 Å². The Kier molecular flexibility index (Phi) is 3.87. The smallest absolute Gasteiger partial charge is 0.310 e. The largest absolute Gasteiger partial charge is 0.481 e. The number of carbonyl (C=O) groups is 1. The average Bonchev–Trinajstić information content (AvgIpc) is 2.74. The molecule has 0 radical (unpaired) electrons. The van der Waals surface area contributed by atoms with Gasteiger partial charge in [0.1, 0.15) is 0 Å². The van der Waals surface area contributed by atoms with Crippen LogP contribution in [0.25, 0.3) is 5.69 Å². The van der Waals surface area contributed by atoms with Crippen molar-refractivity contribution in [3.63, 3.8) is 0 Å². The molecular weight excluding hydrogens is 364 g/mol. The molecule has 1 heterocycles. The number of rotatable bonds is 3. The molecule has 1 unspecified atom stereocenters. The van der Waals surface area contributed by atoms with E-state index in [0.29, 0.717) is 0 Å². The van der Waals surface area contributed by atoms with Crippen LogP contribution in [0.4, 0.5) is 0 Å². The molecule has 18 heavy (non-hydrogen) atoms. The Bertz CT molecular complexity index is 596. The van der Waals surface area contributed by atoms with Crippen molar-refractivity contribution in [2.24, 2.45) is 0 Å². The highest BCUT2D eigenvalue weighted by Gasteiger charge is 2.15. The number of carboxylic acids is 1. The van der Waals surface area contributed by atoms with Crippen molar-refractivity contribution in [1.29, 1.82) is 0 Å². The van der Waals surface area contributed by atoms with E-state index in [0.717, 1.165) is 20.2 Å². The topological polar surface area (TPSA) is 55.1 Å². The first-order valence-corrected chi connectivity index (χ1v) is 6.80. The maximum atomic E-state index is 10.9. The molecule has 0 aliphatic heterocycles. The van der Waals surface area contributed by atoms with Crippen LogP contribution in [0.2, 0.25) is 0 Å². The molecule has 1 aromatic carbocycles. The Labute approximate surface area is 121 Å². The standard InChI is InChI=1S/C12H10Br2N2O2/c1-7(12(17)18)8-2-3-11(10(14)4-8)16-6-9(13)5-15-16/h2-7H,1H3,(H,17,18). The zero-order valence-electron chi connectivity index (χ0n) is 9.47. The average molecular weight is 374 g/mol. The quantitative estimate of drug-likeness (QED) is 0.894. The van der Waals surface area contributed by atoms with Crippen LogP contribution in [0.3, 0.4) is 0 Å². The lowest BCUT2D eigenvalue weighted by Crippen LogP contribution is -2.07. The van der Waals surface area contributed by atoms with E-state index in [4.69, 9.17) is 5.11 Å². The van der Waals surface area contributed by atoms with Crippen LogP contribution in [-0.2, 0) is 4.79 Å². The maximum absolute atomic E-state index is 10.9. The second kappa shape index (κ2) is 5.24. The minimum absolute atomic E-state index is 0.528. The molecule has 1 N–H and O–H groups in total. The second-order valence-electron chi connectivity index (χ2n) is 3.87. The van der Waals surface area contributed by atoms with E-state index < -0.39 is 11.9 Å². The van der Waals surface area contributed by atoms with Crippen molar-refractivity contribution >= 4 is 37.8 Å². The van der Waals surface area contributed by atoms with Crippen molar-refractivity contribution in [3.8, 4) is 5.69 Å². The molecule has 1 aromatic heterocycles. The fourth-order valence-electron chi connectivity index (χ4n) is 1.55. The highest BCUT2D eigenvalue weighted by Crippen LogP contribution is 2.26. The molecule has 94 valence electrons. The number of benzene rings is 1. The monoisotopic (exact) mass is 372 g/mol. The molecule has 0 amide bonds. The van der Waals surface area contributed by atoms with Crippen LogP contribution in [0, 0.1) is 0 Å². The fraction of sp³-hybridized carbons (Fsp3) is 0.167. The highest BCUT2D eigenvalue weighted by molar-refractivity contribution is 9.10. The molecular formula is C12H10Br2N2O2. The van der Waals surface area contributed by atoms with Gasteiger partial charge in [-0.15, -0.1) is 0 Å². The summed E-state index contributed by atoms with van der Waals surface area (Å²) < 4.78 is 3.41. The van der Waals surface area contributed by atoms with E-state index in [2.05, 4.69) is 37.0 Å². The molecule has 0 spiro atoms. The minimum Gasteiger partial charge on any atom is -0.481 e. The molecule has 0 bridgehead atoms. The number of hydrogen-bond acceptors (Lipinski definition) is 2. The third-order valence-corrected chi connectivity index (χ3v) is 3.68. The molecule has 0 aliphatic rings. The molecule has 0 saturated carbocycles. The number of carboxylic acid groups (broad SMARTS) is 1. The van der Waals surface area contributed by atoms with Gasteiger partial charge in [-0.25, -0.2) is 4.68 Å². The van der Waals surface area contributed by atoms with Gasteiger partial charge in [0, 0.05) is 10.7 Å². The zero-order chi connectivity index (χ0) is 13.3. The summed E-state index contributed by atoms with van der Waals surface area (Å²) in [6.07, 6.45) is 3.53. The lowest BCUT2D eigenvalue weighted by atomic mass is 10.0. The van der Waals surface area contributed by atoms with Crippen molar-refractivity contribution in [3.05, 3.63) is 45.1 Å². The zero-order valence-corrected chi connectivity index (χ0v) is 12.6. The van der Waals surface area contributed by atoms with Gasteiger partial charge in [-0.3, -0.25) is 4.79 Å². The normalized spacial score (nSPS) is 12.4. The summed E-state index contributed by atoms with van der Waals surface area (Å²) in [7, 11) is 0. The number of hydrogen-bond donors (Lipinski definition) is 1. The summed E-state index contributed by atoms with van der Waals surface area (Å²) in [4.78, 5) is 10.9. The van der Waals surface area contributed by atoms with E-state index in [9.17, 15) is 4.79 Å². The molecule has 0 fully saturated rings. The fourth-order valence-corrected chi connectivity index (χ4v) is 2.42. The first-order valence-electron chi connectivity index (χ1n) is 5.22. The summed E-state index contributed by atoms with van der Waals surface area (Å²) in [5.41, 5.74) is 1.62. The highest BCUT2D eigenvalue weighted by atomic mass is 79.9. The Morgan fingerprint density at radius 1 is 1.44 bits per heavy atom. The van der Waals surface area contributed by atoms with Crippen LogP contribution in [0.1, 0.15) is 18.4 Å². The van der Waals surface area contributed by atoms with Gasteiger partial charge in [-0.2, -0.15) is 5.10 Å². The van der Waals surface area contributed by atoms with Gasteiger partial charge in [0.05, 0.1) is 22.3 Å². The number of nitrogens with zero attached hydrogens (tertiary/aromatic N) is 2. The van der Waals surface area contributed by atoms with Gasteiger partial charge in [-0.1, -0.05) is 6.07 Å². The lowest BCUT2D eigenvalue weighted by Gasteiger charge is -2.10. The van der Waals surface area contributed by atoms with E-state index in [1.807, 2.05) is 18.3 Å². The van der Waals surface area contributed by atoms with E-state index >= 15 is 0 Å². The van der Waals surface area contributed by atoms with Gasteiger partial charge < -0.3 is 5.11 Å². The van der Waals surface area contributed by atoms with Gasteiger partial charge in [0.25, 0.3) is 0 Å². The number of halogens is 2. The Morgan fingerprint density at radius 2 is 2.17 bits per heavy atom. The number of aromatic nitrogens is 2. The van der Waals surface area contributed by atoms with Gasteiger partial charge in [-0.05, 0) is 56.5 Å². The van der Waals surface area contributed by atoms with Crippen molar-refractivity contribution in [2.45, 2.75) is 12.8 Å². The van der Waals surface area contributed by atoms with Crippen molar-refractivity contribution in [2.75, 3.05) is 0 Å². The van der Waals surface area contributed by atoms with Crippen LogP contribution in [0.5, 0.6) is 0 Å². The van der Waals surface area contributed by atoms with Crippen molar-refractivity contribution < 1.29 is 9.90 Å². The first-order chi connectivity index (χ1) is 8.49. The third kappa shape index (κ3) is 2.64. The Hall–Kier alpha value is -1.14. The molecule has 2 aromatic rings. The third-order valence-electron chi connectivity index (χ3n) is 2.64. The predicted molar refractivity (Wildman–Crippen MR) is 75.0 cm³/mol. The van der Waals surface area contributed by atoms with Crippen molar-refractivity contribution in [1.82, 2.24) is 9.78 Å². The SMILES string of the molecule is CC(C(=O)O)c1ccc(-n2cc(Br)cn2)c(Br)c1. The molecule has 1 atom stereocenters. The minimum atomic E-state index is -0.837. The Balaban J connectivity index is 2.39. The summed E-state index contributed by atoms with van der Waals surface area (Å²) in [5, 5.41) is 13.2. The molecule has 6 heteroatoms. The number of aliphatic carboxylic acids is 1. The summed E-state index contributed by atoms with van der Waals surface area (Å²) in [6, 6.07) is 5.45. The predicted octanol–water partition coefficient (Wildman–Crippen LogP) is 3.59. The van der Waals surface area contributed by atoms with Gasteiger partial charge >= 0.3 is 5.97 Å². The summed E-state index contributed by atoms with van der Waals surface area (Å²) >= 11 is 6.78. The summed E-state index contributed by atoms with van der Waals surface area (Å²) in [5.74, 6) is -1.36. The van der Waals surface area contributed by atoms with Crippen LogP contribution in [0.15, 0.2) is 39.5 Å². The van der Waals surface area contributed by atoms with Crippen LogP contribution >= 0.6 is 31.9 Å². The van der Waals surface area contributed by atoms with Gasteiger partial charge in [0.15, 0.2) is 0 Å². The van der Waals surface area contributed by atoms with Crippen LogP contribution in [-0.4, -0.2) is 20.9 Å². The molecule has 4 nitrogen and oxygen atoms in total. The van der Waals surface area contributed by atoms with Crippen LogP contribution < -0.4 is 0 Å². The van der Waals surface area contributed by atoms with E-state index in [1.165, 1.54) is 0 Å². The Morgan fingerprint density at radius 3 is 2.67 bits per heavy atom. The molecule has 0 aliphatic carbocycles. The maximum Gasteiger partial charge on any atom is 0.310 e. The summed E-state index contributed by atoms with van der Waals surface area (Å²) in [6.45, 7) is 1.66. The van der Waals surface area contributed by atoms with E-state index in [-0.39, 0.29) is 0 Å².